The molecule has 0 radical (unpaired) electrons. The van der Waals surface area contributed by atoms with Crippen LogP contribution in [0.3, 0.4) is 0 Å². The molecule has 0 atom stereocenters. The Morgan fingerprint density at radius 3 is 2.73 bits per heavy atom. The monoisotopic (exact) mass is 412 g/mol. The molecule has 1 heterocycles. The van der Waals surface area contributed by atoms with Crippen molar-refractivity contribution in [1.82, 2.24) is 10.3 Å². The number of hydrogen-bond donors (Lipinski definition) is 2. The van der Waals surface area contributed by atoms with Crippen LogP contribution in [0.1, 0.15) is 31.4 Å². The molecule has 0 unspecified atom stereocenters. The zero-order chi connectivity index (χ0) is 14.5. The summed E-state index contributed by atoms with van der Waals surface area (Å²) in [5.74, 6) is 1.11. The first-order valence-corrected chi connectivity index (χ1v) is 7.37. The first-order valence-electron chi connectivity index (χ1n) is 7.37. The standard InChI is InChI=1S/C16H20N4O.HI/c17-16(20-13-8-4-5-9-13)18-10-14-11-21-15(19-14)12-6-2-1-3-7-12;/h1-3,6-7,11,13H,4-5,8-10H2,(H3,17,18,20);1H. The molecular formula is C16H21IN4O. The minimum atomic E-state index is 0. The van der Waals surface area contributed by atoms with Gasteiger partial charge in [0.05, 0.1) is 6.54 Å². The number of guanidine groups is 1. The number of aliphatic imine (C=N–C) groups is 1. The second-order valence-electron chi connectivity index (χ2n) is 5.34. The third kappa shape index (κ3) is 4.46. The van der Waals surface area contributed by atoms with Crippen LogP contribution in [0.2, 0.25) is 0 Å². The van der Waals surface area contributed by atoms with Gasteiger partial charge in [0.2, 0.25) is 5.89 Å². The van der Waals surface area contributed by atoms with Crippen molar-refractivity contribution in [1.29, 1.82) is 0 Å². The Bertz CT molecular complexity index is 606. The van der Waals surface area contributed by atoms with Crippen LogP contribution in [-0.2, 0) is 6.54 Å². The Morgan fingerprint density at radius 1 is 1.27 bits per heavy atom. The van der Waals surface area contributed by atoms with Crippen LogP contribution in [0.5, 0.6) is 0 Å². The maximum Gasteiger partial charge on any atom is 0.226 e. The Labute approximate surface area is 147 Å². The third-order valence-electron chi connectivity index (χ3n) is 3.69. The summed E-state index contributed by atoms with van der Waals surface area (Å²) in [4.78, 5) is 8.75. The molecule has 0 spiro atoms. The van der Waals surface area contributed by atoms with Gasteiger partial charge >= 0.3 is 0 Å². The predicted molar refractivity (Wildman–Crippen MR) is 98.1 cm³/mol. The van der Waals surface area contributed by atoms with Gasteiger partial charge in [-0.25, -0.2) is 9.98 Å². The average Bonchev–Trinajstić information content (AvgIpc) is 3.17. The van der Waals surface area contributed by atoms with Crippen LogP contribution in [0.15, 0.2) is 46.0 Å². The van der Waals surface area contributed by atoms with Crippen LogP contribution in [0.25, 0.3) is 11.5 Å². The van der Waals surface area contributed by atoms with Crippen molar-refractivity contribution in [3.8, 4) is 11.5 Å². The number of oxazole rings is 1. The van der Waals surface area contributed by atoms with E-state index in [0.717, 1.165) is 11.3 Å². The van der Waals surface area contributed by atoms with E-state index >= 15 is 0 Å². The summed E-state index contributed by atoms with van der Waals surface area (Å²) in [6.07, 6.45) is 6.54. The molecule has 118 valence electrons. The van der Waals surface area contributed by atoms with Gasteiger partial charge in [-0.1, -0.05) is 31.0 Å². The molecule has 1 saturated carbocycles. The minimum Gasteiger partial charge on any atom is -0.444 e. The summed E-state index contributed by atoms with van der Waals surface area (Å²) < 4.78 is 5.47. The van der Waals surface area contributed by atoms with E-state index in [9.17, 15) is 0 Å². The lowest BCUT2D eigenvalue weighted by atomic mass is 10.2. The molecule has 3 N–H and O–H groups in total. The molecule has 1 aliphatic rings. The largest absolute Gasteiger partial charge is 0.444 e. The summed E-state index contributed by atoms with van der Waals surface area (Å²) >= 11 is 0. The van der Waals surface area contributed by atoms with Crippen LogP contribution in [-0.4, -0.2) is 17.0 Å². The highest BCUT2D eigenvalue weighted by Crippen LogP contribution is 2.19. The number of benzene rings is 1. The Morgan fingerprint density at radius 2 is 2.00 bits per heavy atom. The third-order valence-corrected chi connectivity index (χ3v) is 3.69. The zero-order valence-electron chi connectivity index (χ0n) is 12.4. The fourth-order valence-electron chi connectivity index (χ4n) is 2.58. The zero-order valence-corrected chi connectivity index (χ0v) is 14.7. The van der Waals surface area contributed by atoms with Crippen LogP contribution >= 0.6 is 24.0 Å². The molecule has 0 aliphatic heterocycles. The second-order valence-corrected chi connectivity index (χ2v) is 5.34. The molecular weight excluding hydrogens is 391 g/mol. The number of aromatic nitrogens is 1. The first-order chi connectivity index (χ1) is 10.3. The van der Waals surface area contributed by atoms with Crippen molar-refractivity contribution in [3.63, 3.8) is 0 Å². The number of hydrogen-bond acceptors (Lipinski definition) is 3. The Hall–Kier alpha value is -1.57. The molecule has 22 heavy (non-hydrogen) atoms. The molecule has 0 bridgehead atoms. The van der Waals surface area contributed by atoms with Crippen molar-refractivity contribution >= 4 is 29.9 Å². The quantitative estimate of drug-likeness (QED) is 0.459. The normalized spacial score (nSPS) is 15.5. The van der Waals surface area contributed by atoms with Crippen molar-refractivity contribution in [2.75, 3.05) is 0 Å². The number of halogens is 1. The van der Waals surface area contributed by atoms with E-state index in [1.165, 1.54) is 25.7 Å². The predicted octanol–water partition coefficient (Wildman–Crippen LogP) is 3.31. The van der Waals surface area contributed by atoms with Gasteiger partial charge in [0.25, 0.3) is 0 Å². The van der Waals surface area contributed by atoms with Crippen LogP contribution in [0.4, 0.5) is 0 Å². The van der Waals surface area contributed by atoms with Gasteiger partial charge in [-0.3, -0.25) is 0 Å². The molecule has 2 aromatic rings. The van der Waals surface area contributed by atoms with Gasteiger partial charge in [-0.2, -0.15) is 0 Å². The van der Waals surface area contributed by atoms with Gasteiger partial charge in [0.15, 0.2) is 5.96 Å². The topological polar surface area (TPSA) is 76.4 Å². The lowest BCUT2D eigenvalue weighted by Gasteiger charge is -2.11. The van der Waals surface area contributed by atoms with Crippen molar-refractivity contribution < 1.29 is 4.42 Å². The summed E-state index contributed by atoms with van der Waals surface area (Å²) in [7, 11) is 0. The van der Waals surface area contributed by atoms with E-state index in [2.05, 4.69) is 15.3 Å². The van der Waals surface area contributed by atoms with Gasteiger partial charge in [0, 0.05) is 11.6 Å². The highest BCUT2D eigenvalue weighted by molar-refractivity contribution is 14.0. The van der Waals surface area contributed by atoms with E-state index in [1.54, 1.807) is 6.26 Å². The van der Waals surface area contributed by atoms with Gasteiger partial charge in [0.1, 0.15) is 12.0 Å². The molecule has 5 nitrogen and oxygen atoms in total. The fourth-order valence-corrected chi connectivity index (χ4v) is 2.58. The van der Waals surface area contributed by atoms with Gasteiger partial charge in [-0.05, 0) is 25.0 Å². The maximum absolute atomic E-state index is 5.90. The molecule has 3 rings (SSSR count). The summed E-state index contributed by atoms with van der Waals surface area (Å²) in [6.45, 7) is 0.432. The van der Waals surface area contributed by atoms with E-state index < -0.39 is 0 Å². The average molecular weight is 412 g/mol. The lowest BCUT2D eigenvalue weighted by Crippen LogP contribution is -2.38. The maximum atomic E-state index is 5.90. The van der Waals surface area contributed by atoms with Gasteiger partial charge in [-0.15, -0.1) is 24.0 Å². The molecule has 6 heteroatoms. The molecule has 1 fully saturated rings. The molecule has 1 aromatic heterocycles. The summed E-state index contributed by atoms with van der Waals surface area (Å²) in [5.41, 5.74) is 7.64. The first kappa shape index (κ1) is 16.8. The fraction of sp³-hybridized carbons (Fsp3) is 0.375. The molecule has 0 amide bonds. The van der Waals surface area contributed by atoms with E-state index in [4.69, 9.17) is 10.2 Å². The minimum absolute atomic E-state index is 0. The number of nitrogens with zero attached hydrogens (tertiary/aromatic N) is 2. The van der Waals surface area contributed by atoms with Crippen LogP contribution in [0, 0.1) is 0 Å². The molecule has 0 saturated heterocycles. The number of nitrogens with two attached hydrogens (primary N) is 1. The van der Waals surface area contributed by atoms with Crippen molar-refractivity contribution in [3.05, 3.63) is 42.3 Å². The Balaban J connectivity index is 0.00000176. The summed E-state index contributed by atoms with van der Waals surface area (Å²) in [5, 5.41) is 3.26. The Kier molecular flexibility index (Phi) is 6.23. The smallest absolute Gasteiger partial charge is 0.226 e. The van der Waals surface area contributed by atoms with E-state index in [-0.39, 0.29) is 24.0 Å². The highest BCUT2D eigenvalue weighted by atomic mass is 127. The van der Waals surface area contributed by atoms with Crippen LogP contribution < -0.4 is 11.1 Å². The summed E-state index contributed by atoms with van der Waals surface area (Å²) in [6, 6.07) is 10.3. The molecule has 1 aromatic carbocycles. The van der Waals surface area contributed by atoms with E-state index in [1.807, 2.05) is 30.3 Å². The van der Waals surface area contributed by atoms with E-state index in [0.29, 0.717) is 24.4 Å². The molecule has 1 aliphatic carbocycles. The van der Waals surface area contributed by atoms with Crippen molar-refractivity contribution in [2.24, 2.45) is 10.7 Å². The lowest BCUT2D eigenvalue weighted by molar-refractivity contribution is 0.572. The van der Waals surface area contributed by atoms with Crippen molar-refractivity contribution in [2.45, 2.75) is 38.3 Å². The number of rotatable bonds is 4. The second kappa shape index (κ2) is 8.17. The SMILES string of the molecule is I.NC(=NCc1coc(-c2ccccc2)n1)NC1CCCC1. The highest BCUT2D eigenvalue weighted by Gasteiger charge is 2.14. The number of nitrogens with one attached hydrogen (secondary N) is 1. The van der Waals surface area contributed by atoms with Gasteiger partial charge < -0.3 is 15.5 Å².